The van der Waals surface area contributed by atoms with E-state index in [0.717, 1.165) is 39.6 Å². The van der Waals surface area contributed by atoms with Gasteiger partial charge >= 0.3 is 0 Å². The van der Waals surface area contributed by atoms with Crippen LogP contribution < -0.4 is 4.90 Å². The van der Waals surface area contributed by atoms with Crippen molar-refractivity contribution < 1.29 is 0 Å². The highest BCUT2D eigenvalue weighted by Gasteiger charge is 2.11. The Morgan fingerprint density at radius 1 is 0.528 bits per heavy atom. The number of aryl methyl sites for hydroxylation is 1. The van der Waals surface area contributed by atoms with Crippen LogP contribution in [0.15, 0.2) is 134 Å². The van der Waals surface area contributed by atoms with Gasteiger partial charge in [-0.25, -0.2) is 0 Å². The maximum absolute atomic E-state index is 4.47. The Hall–Kier alpha value is -4.76. The van der Waals surface area contributed by atoms with Gasteiger partial charge in [-0.05, 0) is 84.3 Å². The molecule has 5 rings (SSSR count). The van der Waals surface area contributed by atoms with Crippen LogP contribution >= 0.6 is 0 Å². The maximum atomic E-state index is 4.47. The van der Waals surface area contributed by atoms with Gasteiger partial charge in [-0.2, -0.15) is 0 Å². The third kappa shape index (κ3) is 5.65. The normalized spacial score (nSPS) is 11.2. The lowest BCUT2D eigenvalue weighted by Gasteiger charge is -2.25. The fourth-order valence-electron chi connectivity index (χ4n) is 4.04. The lowest BCUT2D eigenvalue weighted by Crippen LogP contribution is -2.09. The fraction of sp³-hybridized carbons (Fsp3) is 0.0303. The first-order chi connectivity index (χ1) is 17.8. The van der Waals surface area contributed by atoms with Crippen molar-refractivity contribution in [2.45, 2.75) is 6.92 Å². The average Bonchev–Trinajstić information content (AvgIpc) is 2.93. The van der Waals surface area contributed by atoms with Gasteiger partial charge < -0.3 is 4.90 Å². The quantitative estimate of drug-likeness (QED) is 0.225. The second kappa shape index (κ2) is 11.1. The van der Waals surface area contributed by atoms with Crippen LogP contribution in [0.3, 0.4) is 0 Å². The van der Waals surface area contributed by atoms with Gasteiger partial charge in [0.1, 0.15) is 0 Å². The molecule has 0 N–H and O–H groups in total. The molecular formula is C33H27N3. The van der Waals surface area contributed by atoms with Gasteiger partial charge in [-0.15, -0.1) is 0 Å². The predicted octanol–water partition coefficient (Wildman–Crippen LogP) is 8.65. The summed E-state index contributed by atoms with van der Waals surface area (Å²) in [6.45, 7) is 2.06. The molecule has 0 atom stereocenters. The molecule has 0 bridgehead atoms. The number of anilines is 3. The summed E-state index contributed by atoms with van der Waals surface area (Å²) in [7, 11) is 0. The number of allylic oxidation sites excluding steroid dienone is 2. The number of hydrogen-bond donors (Lipinski definition) is 0. The lowest BCUT2D eigenvalue weighted by molar-refractivity contribution is 1.23. The van der Waals surface area contributed by atoms with E-state index in [1.54, 1.807) is 0 Å². The summed E-state index contributed by atoms with van der Waals surface area (Å²) in [4.78, 5) is 11.2. The number of pyridine rings is 2. The second-order valence-electron chi connectivity index (χ2n) is 8.51. The second-order valence-corrected chi connectivity index (χ2v) is 8.51. The minimum atomic E-state index is 0.877. The molecule has 3 aromatic carbocycles. The molecule has 0 aliphatic heterocycles. The standard InChI is InChI=1S/C33H27N3/c1-26-20-22-34-32(24-26)33-25-28(21-23-35-33)11-9-8-10-27-16-18-31(19-17-27)36(29-12-4-2-5-13-29)30-14-6-3-7-15-30/h2-25H,1H3/b10-8+,11-9+. The molecule has 5 aromatic rings. The van der Waals surface area contributed by atoms with Gasteiger partial charge in [0.2, 0.25) is 0 Å². The Morgan fingerprint density at radius 2 is 1.06 bits per heavy atom. The van der Waals surface area contributed by atoms with Crippen LogP contribution in [0.4, 0.5) is 17.1 Å². The molecule has 0 saturated carbocycles. The molecule has 2 aromatic heterocycles. The summed E-state index contributed by atoms with van der Waals surface area (Å²) in [6, 6.07) is 37.6. The highest BCUT2D eigenvalue weighted by atomic mass is 15.1. The van der Waals surface area contributed by atoms with E-state index in [9.17, 15) is 0 Å². The monoisotopic (exact) mass is 465 g/mol. The van der Waals surface area contributed by atoms with Crippen molar-refractivity contribution in [3.63, 3.8) is 0 Å². The Labute approximate surface area is 212 Å². The number of rotatable bonds is 7. The fourth-order valence-corrected chi connectivity index (χ4v) is 4.04. The van der Waals surface area contributed by atoms with Crippen LogP contribution in [-0.4, -0.2) is 9.97 Å². The van der Waals surface area contributed by atoms with Crippen LogP contribution in [-0.2, 0) is 0 Å². The Kier molecular flexibility index (Phi) is 7.10. The number of benzene rings is 3. The van der Waals surface area contributed by atoms with Crippen LogP contribution in [0.1, 0.15) is 16.7 Å². The highest BCUT2D eigenvalue weighted by molar-refractivity contribution is 5.77. The highest BCUT2D eigenvalue weighted by Crippen LogP contribution is 2.34. The largest absolute Gasteiger partial charge is 0.311 e. The zero-order valence-corrected chi connectivity index (χ0v) is 20.2. The van der Waals surface area contributed by atoms with Crippen molar-refractivity contribution in [3.8, 4) is 11.4 Å². The number of para-hydroxylation sites is 2. The van der Waals surface area contributed by atoms with E-state index in [4.69, 9.17) is 0 Å². The van der Waals surface area contributed by atoms with Crippen molar-refractivity contribution in [2.75, 3.05) is 4.90 Å². The molecule has 3 heteroatoms. The minimum Gasteiger partial charge on any atom is -0.311 e. The van der Waals surface area contributed by atoms with Crippen LogP contribution in [0.2, 0.25) is 0 Å². The molecule has 0 radical (unpaired) electrons. The number of nitrogens with zero attached hydrogens (tertiary/aromatic N) is 3. The van der Waals surface area contributed by atoms with E-state index in [1.807, 2.05) is 36.7 Å². The molecule has 2 heterocycles. The smallest absolute Gasteiger partial charge is 0.0892 e. The Balaban J connectivity index is 1.31. The van der Waals surface area contributed by atoms with Crippen LogP contribution in [0, 0.1) is 6.92 Å². The van der Waals surface area contributed by atoms with E-state index < -0.39 is 0 Å². The summed E-state index contributed by atoms with van der Waals surface area (Å²) >= 11 is 0. The van der Waals surface area contributed by atoms with Crippen molar-refractivity contribution in [1.29, 1.82) is 0 Å². The van der Waals surface area contributed by atoms with Gasteiger partial charge in [-0.3, -0.25) is 9.97 Å². The number of hydrogen-bond acceptors (Lipinski definition) is 3. The predicted molar refractivity (Wildman–Crippen MR) is 151 cm³/mol. The first-order valence-corrected chi connectivity index (χ1v) is 12.0. The summed E-state index contributed by atoms with van der Waals surface area (Å²) in [5.74, 6) is 0. The molecule has 0 unspecified atom stereocenters. The molecule has 0 spiro atoms. The van der Waals surface area contributed by atoms with Gasteiger partial charge in [0, 0.05) is 29.5 Å². The first kappa shape index (κ1) is 23.0. The lowest BCUT2D eigenvalue weighted by atomic mass is 10.1. The van der Waals surface area contributed by atoms with Crippen molar-refractivity contribution >= 4 is 29.2 Å². The zero-order valence-electron chi connectivity index (χ0n) is 20.2. The summed E-state index contributed by atoms with van der Waals surface area (Å²) < 4.78 is 0. The Morgan fingerprint density at radius 3 is 1.67 bits per heavy atom. The van der Waals surface area contributed by atoms with E-state index >= 15 is 0 Å². The van der Waals surface area contributed by atoms with E-state index in [1.165, 1.54) is 5.56 Å². The van der Waals surface area contributed by atoms with Crippen LogP contribution in [0.5, 0.6) is 0 Å². The summed E-state index contributed by atoms with van der Waals surface area (Å²) in [6.07, 6.45) is 12.0. The average molecular weight is 466 g/mol. The minimum absolute atomic E-state index is 0.877. The summed E-state index contributed by atoms with van der Waals surface area (Å²) in [5.41, 5.74) is 8.55. The molecule has 3 nitrogen and oxygen atoms in total. The van der Waals surface area contributed by atoms with Crippen molar-refractivity contribution in [2.24, 2.45) is 0 Å². The molecule has 174 valence electrons. The zero-order chi connectivity index (χ0) is 24.6. The summed E-state index contributed by atoms with van der Waals surface area (Å²) in [5, 5.41) is 0. The topological polar surface area (TPSA) is 29.0 Å². The molecule has 0 saturated heterocycles. The molecule has 0 aliphatic rings. The van der Waals surface area contributed by atoms with Gasteiger partial charge in [-0.1, -0.05) is 72.8 Å². The first-order valence-electron chi connectivity index (χ1n) is 12.0. The van der Waals surface area contributed by atoms with E-state index in [-0.39, 0.29) is 0 Å². The van der Waals surface area contributed by atoms with E-state index in [0.29, 0.717) is 0 Å². The molecule has 0 aliphatic carbocycles. The molecule has 36 heavy (non-hydrogen) atoms. The van der Waals surface area contributed by atoms with Gasteiger partial charge in [0.15, 0.2) is 0 Å². The van der Waals surface area contributed by atoms with Crippen LogP contribution in [0.25, 0.3) is 23.5 Å². The third-order valence-electron chi connectivity index (χ3n) is 5.83. The molecular weight excluding hydrogens is 438 g/mol. The Bertz CT molecular complexity index is 1430. The third-order valence-corrected chi connectivity index (χ3v) is 5.83. The van der Waals surface area contributed by atoms with Crippen molar-refractivity contribution in [3.05, 3.63) is 150 Å². The van der Waals surface area contributed by atoms with Crippen molar-refractivity contribution in [1.82, 2.24) is 9.97 Å². The molecule has 0 fully saturated rings. The van der Waals surface area contributed by atoms with Gasteiger partial charge in [0.05, 0.1) is 11.4 Å². The van der Waals surface area contributed by atoms with E-state index in [2.05, 4.69) is 131 Å². The maximum Gasteiger partial charge on any atom is 0.0892 e. The van der Waals surface area contributed by atoms with Gasteiger partial charge in [0.25, 0.3) is 0 Å². The molecule has 0 amide bonds. The SMILES string of the molecule is Cc1ccnc(-c2cc(/C=C/C=C/c3ccc(N(c4ccccc4)c4ccccc4)cc3)ccn2)c1. The number of aromatic nitrogens is 2.